The number of ether oxygens (including phenoxy) is 1. The van der Waals surface area contributed by atoms with Gasteiger partial charge in [-0.1, -0.05) is 18.2 Å². The topological polar surface area (TPSA) is 15.7 Å². The summed E-state index contributed by atoms with van der Waals surface area (Å²) >= 11 is 0. The van der Waals surface area contributed by atoms with Crippen LogP contribution < -0.4 is 9.64 Å². The molecule has 1 saturated heterocycles. The van der Waals surface area contributed by atoms with Crippen molar-refractivity contribution in [2.75, 3.05) is 44.7 Å². The van der Waals surface area contributed by atoms with Gasteiger partial charge in [0.15, 0.2) is 0 Å². The van der Waals surface area contributed by atoms with Crippen LogP contribution in [0.5, 0.6) is 5.75 Å². The molecule has 1 fully saturated rings. The molecule has 3 nitrogen and oxygen atoms in total. The summed E-state index contributed by atoms with van der Waals surface area (Å²) in [5, 5.41) is 0. The molecule has 0 aromatic heterocycles. The number of likely N-dealkylation sites (N-methyl/N-ethyl adjacent to an activating group) is 1. The monoisotopic (exact) mass is 230 g/mol. The van der Waals surface area contributed by atoms with E-state index in [9.17, 15) is 0 Å². The number of hydrogen-bond donors (Lipinski definition) is 0. The molecule has 3 rings (SSSR count). The van der Waals surface area contributed by atoms with Gasteiger partial charge in [0, 0.05) is 31.7 Å². The average molecular weight is 230 g/mol. The second-order valence-electron chi connectivity index (χ2n) is 4.70. The van der Waals surface area contributed by atoms with E-state index in [1.165, 1.54) is 11.3 Å². The number of benzene rings is 1. The molecule has 0 aliphatic carbocycles. The summed E-state index contributed by atoms with van der Waals surface area (Å²) < 4.78 is 5.79. The second kappa shape index (κ2) is 4.41. The van der Waals surface area contributed by atoms with Crippen molar-refractivity contribution in [3.63, 3.8) is 0 Å². The van der Waals surface area contributed by atoms with Gasteiger partial charge >= 0.3 is 0 Å². The molecule has 0 saturated carbocycles. The van der Waals surface area contributed by atoms with Crippen molar-refractivity contribution in [1.29, 1.82) is 0 Å². The van der Waals surface area contributed by atoms with Gasteiger partial charge in [0.1, 0.15) is 12.4 Å². The average Bonchev–Trinajstić information content (AvgIpc) is 2.39. The van der Waals surface area contributed by atoms with Gasteiger partial charge in [0.2, 0.25) is 0 Å². The molecule has 0 atom stereocenters. The Morgan fingerprint density at radius 2 is 1.94 bits per heavy atom. The number of hydrogen-bond acceptors (Lipinski definition) is 3. The number of anilines is 1. The lowest BCUT2D eigenvalue weighted by molar-refractivity contribution is 0.309. The highest BCUT2D eigenvalue weighted by molar-refractivity contribution is 5.71. The first-order chi connectivity index (χ1) is 8.34. The van der Waals surface area contributed by atoms with Crippen LogP contribution in [-0.2, 0) is 0 Å². The number of nitrogens with zero attached hydrogens (tertiary/aromatic N) is 2. The van der Waals surface area contributed by atoms with Gasteiger partial charge in [-0.2, -0.15) is 0 Å². The molecular weight excluding hydrogens is 212 g/mol. The van der Waals surface area contributed by atoms with Crippen LogP contribution in [0.4, 0.5) is 5.69 Å². The first kappa shape index (κ1) is 10.7. The van der Waals surface area contributed by atoms with Gasteiger partial charge in [-0.05, 0) is 19.2 Å². The fourth-order valence-corrected chi connectivity index (χ4v) is 2.43. The maximum absolute atomic E-state index is 5.79. The first-order valence-corrected chi connectivity index (χ1v) is 6.20. The van der Waals surface area contributed by atoms with E-state index in [1.54, 1.807) is 0 Å². The van der Waals surface area contributed by atoms with Gasteiger partial charge < -0.3 is 14.5 Å². The molecule has 90 valence electrons. The Bertz CT molecular complexity index is 434. The van der Waals surface area contributed by atoms with Crippen LogP contribution in [0.3, 0.4) is 0 Å². The highest BCUT2D eigenvalue weighted by Gasteiger charge is 2.19. The third-order valence-electron chi connectivity index (χ3n) is 3.49. The zero-order valence-corrected chi connectivity index (χ0v) is 10.2. The Morgan fingerprint density at radius 1 is 1.12 bits per heavy atom. The van der Waals surface area contributed by atoms with Gasteiger partial charge in [-0.15, -0.1) is 0 Å². The Hall–Kier alpha value is -1.48. The summed E-state index contributed by atoms with van der Waals surface area (Å²) in [7, 11) is 2.18. The van der Waals surface area contributed by atoms with Crippen molar-refractivity contribution in [2.24, 2.45) is 0 Å². The standard InChI is InChI=1S/C14H18N2O/c1-15-7-9-16(10-8-15)13-6-2-4-12-5-3-11-17-14(12)13/h2-6H,7-11H2,1H3. The molecule has 0 spiro atoms. The summed E-state index contributed by atoms with van der Waals surface area (Å²) in [6, 6.07) is 6.40. The van der Waals surface area contributed by atoms with Crippen LogP contribution in [-0.4, -0.2) is 44.7 Å². The number of para-hydroxylation sites is 1. The minimum Gasteiger partial charge on any atom is -0.487 e. The van der Waals surface area contributed by atoms with E-state index in [0.717, 1.165) is 31.9 Å². The van der Waals surface area contributed by atoms with Crippen LogP contribution in [0.2, 0.25) is 0 Å². The van der Waals surface area contributed by atoms with Gasteiger partial charge in [0.25, 0.3) is 0 Å². The van der Waals surface area contributed by atoms with Crippen molar-refractivity contribution in [3.05, 3.63) is 29.8 Å². The van der Waals surface area contributed by atoms with Gasteiger partial charge in [0.05, 0.1) is 5.69 Å². The third kappa shape index (κ3) is 2.03. The number of fused-ring (bicyclic) bond motifs is 1. The summed E-state index contributed by atoms with van der Waals surface area (Å²) in [6.45, 7) is 5.11. The Kier molecular flexibility index (Phi) is 2.77. The number of piperazine rings is 1. The van der Waals surface area contributed by atoms with Crippen molar-refractivity contribution in [3.8, 4) is 5.75 Å². The van der Waals surface area contributed by atoms with Crippen molar-refractivity contribution < 1.29 is 4.74 Å². The fourth-order valence-electron chi connectivity index (χ4n) is 2.43. The predicted octanol–water partition coefficient (Wildman–Crippen LogP) is 1.84. The lowest BCUT2D eigenvalue weighted by atomic mass is 10.1. The van der Waals surface area contributed by atoms with E-state index >= 15 is 0 Å². The molecule has 0 N–H and O–H groups in total. The fraction of sp³-hybridized carbons (Fsp3) is 0.429. The van der Waals surface area contributed by atoms with E-state index in [2.05, 4.69) is 47.2 Å². The molecule has 2 aliphatic heterocycles. The summed E-state index contributed by atoms with van der Waals surface area (Å²) in [4.78, 5) is 4.80. The molecule has 17 heavy (non-hydrogen) atoms. The van der Waals surface area contributed by atoms with E-state index in [1.807, 2.05) is 0 Å². The molecule has 3 heteroatoms. The SMILES string of the molecule is CN1CCN(c2cccc3c2OCC=C3)CC1. The van der Waals surface area contributed by atoms with E-state index in [4.69, 9.17) is 4.74 Å². The summed E-state index contributed by atoms with van der Waals surface area (Å²) in [5.41, 5.74) is 2.45. The summed E-state index contributed by atoms with van der Waals surface area (Å²) in [5.74, 6) is 1.06. The van der Waals surface area contributed by atoms with E-state index < -0.39 is 0 Å². The third-order valence-corrected chi connectivity index (χ3v) is 3.49. The molecular formula is C14H18N2O. The minimum absolute atomic E-state index is 0.692. The molecule has 0 amide bonds. The van der Waals surface area contributed by atoms with Crippen molar-refractivity contribution in [2.45, 2.75) is 0 Å². The van der Waals surface area contributed by atoms with Gasteiger partial charge in [-0.25, -0.2) is 0 Å². The molecule has 1 aromatic rings. The Balaban J connectivity index is 1.90. The minimum atomic E-state index is 0.692. The predicted molar refractivity (Wildman–Crippen MR) is 70.7 cm³/mol. The van der Waals surface area contributed by atoms with Crippen molar-refractivity contribution in [1.82, 2.24) is 4.90 Å². The Labute approximate surface area is 102 Å². The first-order valence-electron chi connectivity index (χ1n) is 6.20. The van der Waals surface area contributed by atoms with Crippen LogP contribution in [0, 0.1) is 0 Å². The second-order valence-corrected chi connectivity index (χ2v) is 4.70. The molecule has 1 aromatic carbocycles. The molecule has 0 unspecified atom stereocenters. The van der Waals surface area contributed by atoms with Gasteiger partial charge in [-0.3, -0.25) is 0 Å². The van der Waals surface area contributed by atoms with Crippen LogP contribution in [0.25, 0.3) is 6.08 Å². The summed E-state index contributed by atoms with van der Waals surface area (Å²) in [6.07, 6.45) is 4.22. The number of rotatable bonds is 1. The van der Waals surface area contributed by atoms with E-state index in [-0.39, 0.29) is 0 Å². The highest BCUT2D eigenvalue weighted by atomic mass is 16.5. The molecule has 2 heterocycles. The zero-order chi connectivity index (χ0) is 11.7. The maximum Gasteiger partial charge on any atom is 0.150 e. The van der Waals surface area contributed by atoms with E-state index in [0.29, 0.717) is 6.61 Å². The smallest absolute Gasteiger partial charge is 0.150 e. The largest absolute Gasteiger partial charge is 0.487 e. The highest BCUT2D eigenvalue weighted by Crippen LogP contribution is 2.35. The lowest BCUT2D eigenvalue weighted by Gasteiger charge is -2.35. The molecule has 2 aliphatic rings. The normalized spacial score (nSPS) is 19.9. The quantitative estimate of drug-likeness (QED) is 0.732. The van der Waals surface area contributed by atoms with Crippen LogP contribution in [0.1, 0.15) is 5.56 Å². The Morgan fingerprint density at radius 3 is 2.76 bits per heavy atom. The van der Waals surface area contributed by atoms with Crippen LogP contribution >= 0.6 is 0 Å². The van der Waals surface area contributed by atoms with Crippen LogP contribution in [0.15, 0.2) is 24.3 Å². The zero-order valence-electron chi connectivity index (χ0n) is 10.2. The maximum atomic E-state index is 5.79. The molecule has 0 radical (unpaired) electrons. The molecule has 0 bridgehead atoms. The van der Waals surface area contributed by atoms with Crippen molar-refractivity contribution >= 4 is 11.8 Å². The lowest BCUT2D eigenvalue weighted by Crippen LogP contribution is -2.44.